The van der Waals surface area contributed by atoms with Crippen molar-refractivity contribution in [1.29, 1.82) is 0 Å². The predicted molar refractivity (Wildman–Crippen MR) is 124 cm³/mol. The van der Waals surface area contributed by atoms with Crippen molar-refractivity contribution in [1.82, 2.24) is 10.2 Å². The molecular weight excluding hydrogens is 426 g/mol. The number of alkyl carbamates (subject to hydrolysis) is 1. The molecule has 2 aliphatic rings. The van der Waals surface area contributed by atoms with Crippen molar-refractivity contribution in [3.05, 3.63) is 23.8 Å². The second-order valence-electron chi connectivity index (χ2n) is 8.24. The van der Waals surface area contributed by atoms with Crippen LogP contribution >= 0.6 is 0 Å². The molecule has 9 heteroatoms. The lowest BCUT2D eigenvalue weighted by Crippen LogP contribution is -2.53. The third kappa shape index (κ3) is 7.63. The van der Waals surface area contributed by atoms with Crippen LogP contribution in [0.4, 0.5) is 10.5 Å². The van der Waals surface area contributed by atoms with Gasteiger partial charge in [0.1, 0.15) is 25.2 Å². The molecule has 0 radical (unpaired) electrons. The Morgan fingerprint density at radius 2 is 2.06 bits per heavy atom. The van der Waals surface area contributed by atoms with Crippen LogP contribution in [0.1, 0.15) is 18.4 Å². The Kier molecular flexibility index (Phi) is 9.36. The smallest absolute Gasteiger partial charge is 0.408 e. The maximum atomic E-state index is 12.3. The molecule has 0 saturated carbocycles. The molecule has 0 aliphatic carbocycles. The fourth-order valence-electron chi connectivity index (χ4n) is 3.45. The first-order valence-corrected chi connectivity index (χ1v) is 11.3. The van der Waals surface area contributed by atoms with Crippen LogP contribution in [-0.4, -0.2) is 96.2 Å². The molecule has 3 rings (SSSR count). The first-order chi connectivity index (χ1) is 16.0. The Hall–Kier alpha value is -2.80. The summed E-state index contributed by atoms with van der Waals surface area (Å²) >= 11 is 0. The highest BCUT2D eigenvalue weighted by molar-refractivity contribution is 5.68. The van der Waals surface area contributed by atoms with Gasteiger partial charge < -0.3 is 34.0 Å². The molecule has 2 heterocycles. The Balaban J connectivity index is 1.53. The summed E-state index contributed by atoms with van der Waals surface area (Å²) in [5, 5.41) is 2.81. The highest BCUT2D eigenvalue weighted by Crippen LogP contribution is 2.28. The van der Waals surface area contributed by atoms with E-state index in [1.54, 1.807) is 0 Å². The van der Waals surface area contributed by atoms with Crippen LogP contribution in [-0.2, 0) is 19.0 Å². The highest BCUT2D eigenvalue weighted by Gasteiger charge is 2.41. The van der Waals surface area contributed by atoms with E-state index < -0.39 is 11.7 Å². The number of ether oxygens (including phenoxy) is 4. The number of nitrogens with one attached hydrogen (secondary N) is 1. The van der Waals surface area contributed by atoms with E-state index in [4.69, 9.17) is 18.9 Å². The van der Waals surface area contributed by atoms with Gasteiger partial charge in [-0.05, 0) is 37.1 Å². The van der Waals surface area contributed by atoms with Gasteiger partial charge in [0.2, 0.25) is 5.60 Å². The van der Waals surface area contributed by atoms with Crippen LogP contribution in [0.2, 0.25) is 0 Å². The summed E-state index contributed by atoms with van der Waals surface area (Å²) in [4.78, 5) is 27.1. The molecule has 9 nitrogen and oxygen atoms in total. The Morgan fingerprint density at radius 3 is 2.73 bits per heavy atom. The predicted octanol–water partition coefficient (Wildman–Crippen LogP) is 1.29. The molecule has 0 aromatic heterocycles. The Morgan fingerprint density at radius 1 is 1.27 bits per heavy atom. The monoisotopic (exact) mass is 459 g/mol. The van der Waals surface area contributed by atoms with E-state index in [-0.39, 0.29) is 13.2 Å². The molecular formula is C24H33N3O6. The second-order valence-corrected chi connectivity index (χ2v) is 8.24. The summed E-state index contributed by atoms with van der Waals surface area (Å²) in [5.41, 5.74) is 0.680. The second kappa shape index (κ2) is 12.4. The minimum absolute atomic E-state index is 0.245. The highest BCUT2D eigenvalue weighted by atomic mass is 16.6. The van der Waals surface area contributed by atoms with Crippen molar-refractivity contribution >= 4 is 18.1 Å². The Labute approximate surface area is 195 Å². The lowest BCUT2D eigenvalue weighted by atomic mass is 10.0. The van der Waals surface area contributed by atoms with Crippen LogP contribution in [0.3, 0.4) is 0 Å². The van der Waals surface area contributed by atoms with Crippen molar-refractivity contribution in [2.45, 2.75) is 18.4 Å². The fraction of sp³-hybridized carbons (Fsp3) is 0.583. The number of hydrogen-bond donors (Lipinski definition) is 1. The standard InChI is InChI=1S/C24H33N3O6/c1-26(2)21-17-20(5-6-22(21)32-14-4-13-28)7-8-24(18-31-19-24)33-23(29)25-9-3-10-27-11-15-30-16-12-27/h5-6,13,17H,3-4,9-12,14-16,18-19H2,1-2H3,(H,25,29). The zero-order valence-corrected chi connectivity index (χ0v) is 19.4. The summed E-state index contributed by atoms with van der Waals surface area (Å²) in [6.45, 7) is 5.67. The quantitative estimate of drug-likeness (QED) is 0.318. The van der Waals surface area contributed by atoms with Gasteiger partial charge in [-0.3, -0.25) is 4.90 Å². The fourth-order valence-corrected chi connectivity index (χ4v) is 3.45. The molecule has 0 atom stereocenters. The lowest BCUT2D eigenvalue weighted by molar-refractivity contribution is -0.142. The SMILES string of the molecule is CN(C)c1cc(C#CC2(OC(=O)NCCCN3CCOCC3)COC2)ccc1OCCC=O. The van der Waals surface area contributed by atoms with Gasteiger partial charge in [0.15, 0.2) is 0 Å². The molecule has 1 amide bonds. The van der Waals surface area contributed by atoms with Crippen molar-refractivity contribution in [3.63, 3.8) is 0 Å². The topological polar surface area (TPSA) is 89.6 Å². The summed E-state index contributed by atoms with van der Waals surface area (Å²) in [7, 11) is 3.82. The van der Waals surface area contributed by atoms with Crippen LogP contribution < -0.4 is 15.0 Å². The first kappa shape index (κ1) is 24.8. The molecule has 0 spiro atoms. The maximum absolute atomic E-state index is 12.3. The molecule has 180 valence electrons. The van der Waals surface area contributed by atoms with Crippen molar-refractivity contribution in [2.24, 2.45) is 0 Å². The zero-order valence-electron chi connectivity index (χ0n) is 19.4. The third-order valence-electron chi connectivity index (χ3n) is 5.35. The number of hydrogen-bond acceptors (Lipinski definition) is 8. The summed E-state index contributed by atoms with van der Waals surface area (Å²) in [5.74, 6) is 6.86. The zero-order chi connectivity index (χ0) is 23.5. The van der Waals surface area contributed by atoms with Gasteiger partial charge in [-0.2, -0.15) is 0 Å². The average molecular weight is 460 g/mol. The maximum Gasteiger partial charge on any atom is 0.408 e. The molecule has 1 N–H and O–H groups in total. The number of aldehydes is 1. The molecule has 2 fully saturated rings. The number of nitrogens with zero attached hydrogens (tertiary/aromatic N) is 2. The lowest BCUT2D eigenvalue weighted by Gasteiger charge is -2.35. The van der Waals surface area contributed by atoms with Gasteiger partial charge in [-0.15, -0.1) is 0 Å². The number of amides is 1. The molecule has 2 aliphatic heterocycles. The van der Waals surface area contributed by atoms with E-state index in [2.05, 4.69) is 22.1 Å². The molecule has 33 heavy (non-hydrogen) atoms. The van der Waals surface area contributed by atoms with Crippen molar-refractivity contribution < 1.29 is 28.5 Å². The van der Waals surface area contributed by atoms with E-state index >= 15 is 0 Å². The number of rotatable bonds is 10. The molecule has 1 aromatic carbocycles. The van der Waals surface area contributed by atoms with Gasteiger partial charge in [0.05, 0.1) is 25.5 Å². The summed E-state index contributed by atoms with van der Waals surface area (Å²) in [6.07, 6.45) is 1.53. The third-order valence-corrected chi connectivity index (χ3v) is 5.35. The largest absolute Gasteiger partial charge is 0.491 e. The van der Waals surface area contributed by atoms with Crippen LogP contribution in [0, 0.1) is 11.8 Å². The molecule has 1 aromatic rings. The van der Waals surface area contributed by atoms with E-state index in [9.17, 15) is 9.59 Å². The van der Waals surface area contributed by atoms with Crippen molar-refractivity contribution in [3.8, 4) is 17.6 Å². The number of carbonyl (C=O) groups excluding carboxylic acids is 2. The van der Waals surface area contributed by atoms with Crippen LogP contribution in [0.15, 0.2) is 18.2 Å². The van der Waals surface area contributed by atoms with E-state index in [1.165, 1.54) is 0 Å². The Bertz CT molecular complexity index is 853. The molecule has 0 bridgehead atoms. The van der Waals surface area contributed by atoms with Crippen LogP contribution in [0.5, 0.6) is 5.75 Å². The van der Waals surface area contributed by atoms with E-state index in [0.29, 0.717) is 25.3 Å². The van der Waals surface area contributed by atoms with Gasteiger partial charge >= 0.3 is 6.09 Å². The van der Waals surface area contributed by atoms with Gasteiger partial charge in [-0.1, -0.05) is 5.92 Å². The number of carbonyl (C=O) groups is 2. The summed E-state index contributed by atoms with van der Waals surface area (Å²) in [6, 6.07) is 5.58. The molecule has 0 unspecified atom stereocenters. The average Bonchev–Trinajstić information content (AvgIpc) is 2.79. The van der Waals surface area contributed by atoms with Crippen LogP contribution in [0.25, 0.3) is 0 Å². The minimum Gasteiger partial charge on any atom is -0.491 e. The number of anilines is 1. The van der Waals surface area contributed by atoms with Gasteiger partial charge in [0, 0.05) is 45.7 Å². The summed E-state index contributed by atoms with van der Waals surface area (Å²) < 4.78 is 21.9. The normalized spacial score (nSPS) is 17.2. The molecule has 2 saturated heterocycles. The minimum atomic E-state index is -0.939. The first-order valence-electron chi connectivity index (χ1n) is 11.3. The van der Waals surface area contributed by atoms with Gasteiger partial charge in [0.25, 0.3) is 0 Å². The number of morpholine rings is 1. The number of benzene rings is 1. The van der Waals surface area contributed by atoms with E-state index in [1.807, 2.05) is 37.2 Å². The van der Waals surface area contributed by atoms with E-state index in [0.717, 1.165) is 56.8 Å². The van der Waals surface area contributed by atoms with Crippen molar-refractivity contribution in [2.75, 3.05) is 78.2 Å². The van der Waals surface area contributed by atoms with Gasteiger partial charge in [-0.25, -0.2) is 4.79 Å².